The Bertz CT molecular complexity index is 830. The molecule has 1 N–H and O–H groups in total. The third-order valence-electron chi connectivity index (χ3n) is 5.06. The molecule has 0 unspecified atom stereocenters. The maximum absolute atomic E-state index is 13.6. The molecule has 130 valence electrons. The molecular formula is C18H23FN2O2S. The van der Waals surface area contributed by atoms with Gasteiger partial charge in [-0.1, -0.05) is 0 Å². The largest absolute Gasteiger partial charge is 0.256 e. The Morgan fingerprint density at radius 2 is 1.92 bits per heavy atom. The van der Waals surface area contributed by atoms with Gasteiger partial charge in [0, 0.05) is 17.6 Å². The summed E-state index contributed by atoms with van der Waals surface area (Å²) >= 11 is 0. The predicted molar refractivity (Wildman–Crippen MR) is 93.8 cm³/mol. The molecule has 1 aromatic heterocycles. The number of pyridine rings is 1. The first-order chi connectivity index (χ1) is 11.3. The maximum Gasteiger partial charge on any atom is 0.208 e. The molecule has 24 heavy (non-hydrogen) atoms. The van der Waals surface area contributed by atoms with E-state index in [2.05, 4.69) is 9.71 Å². The van der Waals surface area contributed by atoms with Gasteiger partial charge in [0.15, 0.2) is 0 Å². The quantitative estimate of drug-likeness (QED) is 0.917. The van der Waals surface area contributed by atoms with Crippen LogP contribution in [0.2, 0.25) is 0 Å². The van der Waals surface area contributed by atoms with Crippen LogP contribution in [0.25, 0.3) is 10.9 Å². The Hall–Kier alpha value is -1.53. The average molecular weight is 350 g/mol. The smallest absolute Gasteiger partial charge is 0.208 e. The molecule has 1 atom stereocenters. The molecule has 6 heteroatoms. The second-order valence-corrected chi connectivity index (χ2v) is 8.63. The zero-order valence-corrected chi connectivity index (χ0v) is 14.8. The van der Waals surface area contributed by atoms with Crippen molar-refractivity contribution >= 4 is 20.9 Å². The summed E-state index contributed by atoms with van der Waals surface area (Å²) in [6.07, 6.45) is 6.88. The average Bonchev–Trinajstić information content (AvgIpc) is 2.53. The van der Waals surface area contributed by atoms with E-state index in [1.807, 2.05) is 13.0 Å². The summed E-state index contributed by atoms with van der Waals surface area (Å²) in [7, 11) is -3.17. The van der Waals surface area contributed by atoms with Crippen molar-refractivity contribution in [3.63, 3.8) is 0 Å². The lowest BCUT2D eigenvalue weighted by molar-refractivity contribution is 0.281. The second-order valence-electron chi connectivity index (χ2n) is 6.85. The van der Waals surface area contributed by atoms with E-state index >= 15 is 0 Å². The van der Waals surface area contributed by atoms with Gasteiger partial charge < -0.3 is 0 Å². The highest BCUT2D eigenvalue weighted by Gasteiger charge is 2.28. The molecule has 1 aliphatic carbocycles. The van der Waals surface area contributed by atoms with E-state index in [9.17, 15) is 12.8 Å². The Morgan fingerprint density at radius 3 is 2.58 bits per heavy atom. The van der Waals surface area contributed by atoms with E-state index in [1.165, 1.54) is 12.3 Å². The molecule has 2 aromatic rings. The van der Waals surface area contributed by atoms with Crippen molar-refractivity contribution in [2.45, 2.75) is 44.6 Å². The highest BCUT2D eigenvalue weighted by Crippen LogP contribution is 2.39. The maximum atomic E-state index is 13.6. The zero-order chi connectivity index (χ0) is 17.3. The SMILES string of the molecule is C[C@@H](NS(C)(=O)=O)C1CCC(c2ccnc3ccc(F)cc23)CC1. The lowest BCUT2D eigenvalue weighted by atomic mass is 9.76. The monoisotopic (exact) mass is 350 g/mol. The van der Waals surface area contributed by atoms with Crippen LogP contribution < -0.4 is 4.72 Å². The van der Waals surface area contributed by atoms with Crippen LogP contribution in [-0.2, 0) is 10.0 Å². The number of hydrogen-bond donors (Lipinski definition) is 1. The summed E-state index contributed by atoms with van der Waals surface area (Å²) in [5, 5.41) is 0.892. The van der Waals surface area contributed by atoms with Crippen molar-refractivity contribution in [3.8, 4) is 0 Å². The molecule has 3 rings (SSSR count). The summed E-state index contributed by atoms with van der Waals surface area (Å²) in [4.78, 5) is 4.32. The first-order valence-corrected chi connectivity index (χ1v) is 10.2. The number of rotatable bonds is 4. The minimum Gasteiger partial charge on any atom is -0.256 e. The van der Waals surface area contributed by atoms with Gasteiger partial charge in [0.25, 0.3) is 0 Å². The lowest BCUT2D eigenvalue weighted by Gasteiger charge is -2.32. The van der Waals surface area contributed by atoms with Gasteiger partial charge in [-0.15, -0.1) is 0 Å². The molecule has 1 fully saturated rings. The third-order valence-corrected chi connectivity index (χ3v) is 5.86. The summed E-state index contributed by atoms with van der Waals surface area (Å²) in [5.74, 6) is 0.483. The fraction of sp³-hybridized carbons (Fsp3) is 0.500. The summed E-state index contributed by atoms with van der Waals surface area (Å²) in [6, 6.07) is 6.67. The number of fused-ring (bicyclic) bond motifs is 1. The number of halogens is 1. The van der Waals surface area contributed by atoms with Crippen molar-refractivity contribution in [3.05, 3.63) is 41.8 Å². The van der Waals surface area contributed by atoms with E-state index in [0.717, 1.165) is 42.1 Å². The molecule has 0 amide bonds. The zero-order valence-electron chi connectivity index (χ0n) is 14.0. The van der Waals surface area contributed by atoms with Gasteiger partial charge in [0.05, 0.1) is 11.8 Å². The van der Waals surface area contributed by atoms with E-state index in [-0.39, 0.29) is 11.9 Å². The van der Waals surface area contributed by atoms with Crippen LogP contribution in [0.5, 0.6) is 0 Å². The van der Waals surface area contributed by atoms with Crippen LogP contribution in [0.1, 0.15) is 44.1 Å². The molecule has 0 radical (unpaired) electrons. The van der Waals surface area contributed by atoms with Crippen LogP contribution in [0.15, 0.2) is 30.5 Å². The molecule has 1 aromatic carbocycles. The van der Waals surface area contributed by atoms with Gasteiger partial charge in [0.1, 0.15) is 5.82 Å². The standard InChI is InChI=1S/C18H23FN2O2S/c1-12(21-24(2,22)23)13-3-5-14(6-4-13)16-9-10-20-18-8-7-15(19)11-17(16)18/h7-14,21H,3-6H2,1-2H3/t12-,13?,14?/m1/s1. The van der Waals surface area contributed by atoms with Gasteiger partial charge >= 0.3 is 0 Å². The summed E-state index contributed by atoms with van der Waals surface area (Å²) < 4.78 is 39.1. The number of aromatic nitrogens is 1. The minimum absolute atomic E-state index is 0.0485. The van der Waals surface area contributed by atoms with Crippen LogP contribution in [0.3, 0.4) is 0 Å². The number of nitrogens with one attached hydrogen (secondary N) is 1. The lowest BCUT2D eigenvalue weighted by Crippen LogP contribution is -2.38. The normalized spacial score (nSPS) is 23.3. The van der Waals surface area contributed by atoms with E-state index in [0.29, 0.717) is 11.8 Å². The Labute approximate surface area is 142 Å². The van der Waals surface area contributed by atoms with E-state index in [4.69, 9.17) is 0 Å². The van der Waals surface area contributed by atoms with Crippen molar-refractivity contribution in [1.29, 1.82) is 0 Å². The number of hydrogen-bond acceptors (Lipinski definition) is 3. The molecule has 4 nitrogen and oxygen atoms in total. The molecule has 0 aliphatic heterocycles. The van der Waals surface area contributed by atoms with Crippen LogP contribution >= 0.6 is 0 Å². The van der Waals surface area contributed by atoms with Crippen molar-refractivity contribution in [2.75, 3.05) is 6.26 Å². The Balaban J connectivity index is 1.74. The molecular weight excluding hydrogens is 327 g/mol. The predicted octanol–water partition coefficient (Wildman–Crippen LogP) is 3.59. The first kappa shape index (κ1) is 17.3. The molecule has 0 bridgehead atoms. The van der Waals surface area contributed by atoms with Crippen LogP contribution in [0, 0.1) is 11.7 Å². The highest BCUT2D eigenvalue weighted by atomic mass is 32.2. The van der Waals surface area contributed by atoms with Crippen molar-refractivity contribution < 1.29 is 12.8 Å². The highest BCUT2D eigenvalue weighted by molar-refractivity contribution is 7.88. The fourth-order valence-corrected chi connectivity index (χ4v) is 4.73. The van der Waals surface area contributed by atoms with Crippen molar-refractivity contribution in [1.82, 2.24) is 9.71 Å². The molecule has 1 heterocycles. The molecule has 1 aliphatic rings. The van der Waals surface area contributed by atoms with Gasteiger partial charge in [-0.3, -0.25) is 4.98 Å². The molecule has 0 saturated heterocycles. The van der Waals surface area contributed by atoms with E-state index < -0.39 is 10.0 Å². The number of sulfonamides is 1. The van der Waals surface area contributed by atoms with Gasteiger partial charge in [-0.2, -0.15) is 0 Å². The molecule has 1 saturated carbocycles. The topological polar surface area (TPSA) is 59.1 Å². The Morgan fingerprint density at radius 1 is 1.21 bits per heavy atom. The summed E-state index contributed by atoms with van der Waals surface area (Å²) in [5.41, 5.74) is 1.98. The second kappa shape index (κ2) is 6.76. The summed E-state index contributed by atoms with van der Waals surface area (Å²) in [6.45, 7) is 1.93. The van der Waals surface area contributed by atoms with Crippen molar-refractivity contribution in [2.24, 2.45) is 5.92 Å². The Kier molecular flexibility index (Phi) is 4.88. The molecule has 0 spiro atoms. The van der Waals surface area contributed by atoms with Crippen LogP contribution in [0.4, 0.5) is 4.39 Å². The van der Waals surface area contributed by atoms with Crippen LogP contribution in [-0.4, -0.2) is 25.7 Å². The third kappa shape index (κ3) is 3.92. The van der Waals surface area contributed by atoms with Gasteiger partial charge in [-0.05, 0) is 74.3 Å². The van der Waals surface area contributed by atoms with E-state index in [1.54, 1.807) is 18.3 Å². The van der Waals surface area contributed by atoms with Gasteiger partial charge in [0.2, 0.25) is 10.0 Å². The first-order valence-electron chi connectivity index (χ1n) is 8.35. The number of nitrogens with zero attached hydrogens (tertiary/aromatic N) is 1. The number of benzene rings is 1. The minimum atomic E-state index is -3.17. The fourth-order valence-electron chi connectivity index (χ4n) is 3.86. The van der Waals surface area contributed by atoms with Gasteiger partial charge in [-0.25, -0.2) is 17.5 Å².